The third-order valence-electron chi connectivity index (χ3n) is 4.28. The Bertz CT molecular complexity index is 634. The number of nitrogens with zero attached hydrogens (tertiary/aromatic N) is 1. The number of para-hydroxylation sites is 1. The summed E-state index contributed by atoms with van der Waals surface area (Å²) in [4.78, 5) is 26.7. The number of carbonyl (C=O) groups excluding carboxylic acids is 2. The molecule has 0 aromatic heterocycles. The molecular weight excluding hydrogens is 380 g/mol. The SMILES string of the molecule is CCN[C@H](C)CNC(=O)C1CCCN1C(=O)c1ccccc1OC(F)F.Cl. The lowest BCUT2D eigenvalue weighted by molar-refractivity contribution is -0.124. The average molecular weight is 406 g/mol. The van der Waals surface area contributed by atoms with E-state index in [4.69, 9.17) is 0 Å². The minimum Gasteiger partial charge on any atom is -0.434 e. The molecule has 1 heterocycles. The number of alkyl halides is 2. The van der Waals surface area contributed by atoms with Crippen LogP contribution in [0.1, 0.15) is 37.0 Å². The van der Waals surface area contributed by atoms with E-state index in [1.54, 1.807) is 6.07 Å². The van der Waals surface area contributed by atoms with Gasteiger partial charge in [-0.25, -0.2) is 0 Å². The van der Waals surface area contributed by atoms with E-state index in [1.165, 1.54) is 23.1 Å². The van der Waals surface area contributed by atoms with Gasteiger partial charge in [-0.3, -0.25) is 9.59 Å². The molecule has 0 saturated carbocycles. The molecule has 2 N–H and O–H groups in total. The Morgan fingerprint density at radius 3 is 2.70 bits per heavy atom. The summed E-state index contributed by atoms with van der Waals surface area (Å²) in [6.45, 7) is 2.58. The second-order valence-corrected chi connectivity index (χ2v) is 6.24. The monoisotopic (exact) mass is 405 g/mol. The van der Waals surface area contributed by atoms with Gasteiger partial charge in [0.05, 0.1) is 5.56 Å². The molecule has 6 nitrogen and oxygen atoms in total. The number of carbonyl (C=O) groups is 2. The summed E-state index contributed by atoms with van der Waals surface area (Å²) in [5, 5.41) is 6.04. The molecule has 0 spiro atoms. The summed E-state index contributed by atoms with van der Waals surface area (Å²) in [5.74, 6) is -0.884. The van der Waals surface area contributed by atoms with Crippen LogP contribution in [0.3, 0.4) is 0 Å². The van der Waals surface area contributed by atoms with Crippen LogP contribution in [0.2, 0.25) is 0 Å². The Morgan fingerprint density at radius 1 is 1.33 bits per heavy atom. The zero-order valence-corrected chi connectivity index (χ0v) is 16.2. The van der Waals surface area contributed by atoms with E-state index in [0.717, 1.165) is 6.54 Å². The molecule has 1 aliphatic rings. The van der Waals surface area contributed by atoms with Gasteiger partial charge in [-0.15, -0.1) is 12.4 Å². The van der Waals surface area contributed by atoms with Crippen molar-refractivity contribution in [1.29, 1.82) is 0 Å². The lowest BCUT2D eigenvalue weighted by Gasteiger charge is -2.25. The van der Waals surface area contributed by atoms with Crippen molar-refractivity contribution in [3.05, 3.63) is 29.8 Å². The highest BCUT2D eigenvalue weighted by Gasteiger charge is 2.35. The number of hydrogen-bond donors (Lipinski definition) is 2. The molecule has 1 aromatic rings. The van der Waals surface area contributed by atoms with Gasteiger partial charge in [0, 0.05) is 19.1 Å². The highest BCUT2D eigenvalue weighted by molar-refractivity contribution is 6.00. The Balaban J connectivity index is 0.00000364. The third-order valence-corrected chi connectivity index (χ3v) is 4.28. The molecule has 2 rings (SSSR count). The smallest absolute Gasteiger partial charge is 0.387 e. The molecule has 2 amide bonds. The van der Waals surface area contributed by atoms with Crippen LogP contribution < -0.4 is 15.4 Å². The van der Waals surface area contributed by atoms with Crippen molar-refractivity contribution in [2.24, 2.45) is 0 Å². The lowest BCUT2D eigenvalue weighted by Crippen LogP contribution is -2.48. The molecule has 1 fully saturated rings. The van der Waals surface area contributed by atoms with Crippen LogP contribution in [0.5, 0.6) is 5.75 Å². The normalized spacial score (nSPS) is 17.4. The van der Waals surface area contributed by atoms with Crippen LogP contribution in [0.15, 0.2) is 24.3 Å². The van der Waals surface area contributed by atoms with Gasteiger partial charge in [0.2, 0.25) is 5.91 Å². The van der Waals surface area contributed by atoms with Crippen molar-refractivity contribution in [3.8, 4) is 5.75 Å². The molecule has 1 aromatic carbocycles. The van der Waals surface area contributed by atoms with Crippen molar-refractivity contribution in [1.82, 2.24) is 15.5 Å². The Hall–Kier alpha value is -1.93. The summed E-state index contributed by atoms with van der Waals surface area (Å²) >= 11 is 0. The molecule has 152 valence electrons. The average Bonchev–Trinajstić information content (AvgIpc) is 3.09. The first-order chi connectivity index (χ1) is 12.4. The Morgan fingerprint density at radius 2 is 2.04 bits per heavy atom. The molecule has 1 aliphatic heterocycles. The number of benzene rings is 1. The Labute approximate surface area is 164 Å². The van der Waals surface area contributed by atoms with E-state index in [0.29, 0.717) is 25.9 Å². The Kier molecular flexibility index (Phi) is 9.45. The van der Waals surface area contributed by atoms with E-state index in [2.05, 4.69) is 15.4 Å². The third kappa shape index (κ3) is 6.32. The summed E-state index contributed by atoms with van der Waals surface area (Å²) in [7, 11) is 0. The van der Waals surface area contributed by atoms with Gasteiger partial charge < -0.3 is 20.3 Å². The van der Waals surface area contributed by atoms with Crippen LogP contribution in [0.4, 0.5) is 8.78 Å². The summed E-state index contributed by atoms with van der Waals surface area (Å²) < 4.78 is 29.6. The van der Waals surface area contributed by atoms with E-state index in [-0.39, 0.29) is 35.7 Å². The van der Waals surface area contributed by atoms with Crippen LogP contribution >= 0.6 is 12.4 Å². The highest BCUT2D eigenvalue weighted by atomic mass is 35.5. The first-order valence-electron chi connectivity index (χ1n) is 8.80. The van der Waals surface area contributed by atoms with Crippen LogP contribution in [-0.2, 0) is 4.79 Å². The summed E-state index contributed by atoms with van der Waals surface area (Å²) in [5.41, 5.74) is 0.0357. The maximum Gasteiger partial charge on any atom is 0.387 e. The second kappa shape index (κ2) is 11.0. The molecule has 1 unspecified atom stereocenters. The van der Waals surface area contributed by atoms with E-state index < -0.39 is 18.6 Å². The first-order valence-corrected chi connectivity index (χ1v) is 8.80. The van der Waals surface area contributed by atoms with Gasteiger partial charge in [-0.1, -0.05) is 19.1 Å². The predicted octanol–water partition coefficient (Wildman–Crippen LogP) is 2.43. The fourth-order valence-corrected chi connectivity index (χ4v) is 3.07. The minimum absolute atomic E-state index is 0. The number of likely N-dealkylation sites (N-methyl/N-ethyl adjacent to an activating group) is 1. The largest absolute Gasteiger partial charge is 0.434 e. The van der Waals surface area contributed by atoms with Crippen molar-refractivity contribution in [2.75, 3.05) is 19.6 Å². The van der Waals surface area contributed by atoms with Gasteiger partial charge in [0.15, 0.2) is 0 Å². The quantitative estimate of drug-likeness (QED) is 0.697. The van der Waals surface area contributed by atoms with E-state index >= 15 is 0 Å². The number of nitrogens with one attached hydrogen (secondary N) is 2. The topological polar surface area (TPSA) is 70.7 Å². The highest BCUT2D eigenvalue weighted by Crippen LogP contribution is 2.26. The van der Waals surface area contributed by atoms with Gasteiger partial charge in [-0.05, 0) is 38.4 Å². The van der Waals surface area contributed by atoms with Gasteiger partial charge in [0.1, 0.15) is 11.8 Å². The van der Waals surface area contributed by atoms with Crippen molar-refractivity contribution in [2.45, 2.75) is 45.4 Å². The molecular formula is C18H26ClF2N3O3. The molecule has 0 bridgehead atoms. The number of ether oxygens (including phenoxy) is 1. The zero-order valence-electron chi connectivity index (χ0n) is 15.4. The van der Waals surface area contributed by atoms with Crippen molar-refractivity contribution >= 4 is 24.2 Å². The van der Waals surface area contributed by atoms with Crippen molar-refractivity contribution in [3.63, 3.8) is 0 Å². The predicted molar refractivity (Wildman–Crippen MR) is 101 cm³/mol. The zero-order chi connectivity index (χ0) is 19.1. The van der Waals surface area contributed by atoms with Crippen LogP contribution in [-0.4, -0.2) is 55.0 Å². The van der Waals surface area contributed by atoms with E-state index in [9.17, 15) is 18.4 Å². The number of amides is 2. The number of likely N-dealkylation sites (tertiary alicyclic amines) is 1. The van der Waals surface area contributed by atoms with Crippen LogP contribution in [0, 0.1) is 0 Å². The summed E-state index contributed by atoms with van der Waals surface area (Å²) in [6.07, 6.45) is 1.23. The molecule has 27 heavy (non-hydrogen) atoms. The standard InChI is InChI=1S/C18H25F2N3O3.ClH/c1-3-21-12(2)11-22-16(24)14-8-6-10-23(14)17(25)13-7-4-5-9-15(13)26-18(19)20;/h4-5,7,9,12,14,18,21H,3,6,8,10-11H2,1-2H3,(H,22,24);1H/t12-,14?;/m1./s1. The van der Waals surface area contributed by atoms with Gasteiger partial charge in [-0.2, -0.15) is 8.78 Å². The van der Waals surface area contributed by atoms with Crippen LogP contribution in [0.25, 0.3) is 0 Å². The van der Waals surface area contributed by atoms with Gasteiger partial charge >= 0.3 is 6.61 Å². The fraction of sp³-hybridized carbons (Fsp3) is 0.556. The number of hydrogen-bond acceptors (Lipinski definition) is 4. The van der Waals surface area contributed by atoms with Gasteiger partial charge in [0.25, 0.3) is 5.91 Å². The molecule has 2 atom stereocenters. The first kappa shape index (κ1) is 23.1. The second-order valence-electron chi connectivity index (χ2n) is 6.24. The molecule has 9 heteroatoms. The molecule has 0 radical (unpaired) electrons. The molecule has 1 saturated heterocycles. The number of halogens is 3. The maximum absolute atomic E-state index is 12.8. The van der Waals surface area contributed by atoms with Crippen molar-refractivity contribution < 1.29 is 23.1 Å². The number of rotatable bonds is 8. The van der Waals surface area contributed by atoms with E-state index in [1.807, 2.05) is 13.8 Å². The fourth-order valence-electron chi connectivity index (χ4n) is 3.07. The molecule has 0 aliphatic carbocycles. The lowest BCUT2D eigenvalue weighted by atomic mass is 10.1. The summed E-state index contributed by atoms with van der Waals surface area (Å²) in [6, 6.07) is 5.37. The maximum atomic E-state index is 12.8. The minimum atomic E-state index is -3.02.